The van der Waals surface area contributed by atoms with E-state index in [0.29, 0.717) is 32.5 Å². The van der Waals surface area contributed by atoms with Crippen LogP contribution in [0.1, 0.15) is 24.0 Å². The lowest BCUT2D eigenvalue weighted by Crippen LogP contribution is -2.57. The number of aliphatic hydroxyl groups excluding tert-OH is 1. The summed E-state index contributed by atoms with van der Waals surface area (Å²) in [6.45, 7) is 8.49. The highest BCUT2D eigenvalue weighted by Gasteiger charge is 2.74. The number of rotatable bonds is 12. The number of hydrogen-bond acceptors (Lipinski definition) is 5. The molecule has 2 aromatic rings. The summed E-state index contributed by atoms with van der Waals surface area (Å²) in [5.41, 5.74) is 1.96. The van der Waals surface area contributed by atoms with Crippen LogP contribution in [0.5, 0.6) is 0 Å². The number of thioether (sulfide) groups is 1. The van der Waals surface area contributed by atoms with E-state index in [1.54, 1.807) is 45.7 Å². The van der Waals surface area contributed by atoms with Crippen molar-refractivity contribution in [2.45, 2.75) is 47.9 Å². The predicted octanol–water partition coefficient (Wildman–Crippen LogP) is 3.54. The van der Waals surface area contributed by atoms with Crippen molar-refractivity contribution in [3.05, 3.63) is 97.1 Å². The van der Waals surface area contributed by atoms with Crippen molar-refractivity contribution in [2.24, 2.45) is 11.8 Å². The summed E-state index contributed by atoms with van der Waals surface area (Å²) < 4.78 is -0.728. The number of carbonyl (C=O) groups is 3. The molecule has 216 valence electrons. The lowest BCUT2D eigenvalue weighted by atomic mass is 9.70. The van der Waals surface area contributed by atoms with Crippen LogP contribution in [-0.2, 0) is 27.3 Å². The monoisotopic (exact) mass is 573 g/mol. The highest BCUT2D eigenvalue weighted by Crippen LogP contribution is 2.67. The van der Waals surface area contributed by atoms with Crippen molar-refractivity contribution >= 4 is 29.5 Å². The lowest BCUT2D eigenvalue weighted by molar-refractivity contribution is -0.147. The standard InChI is InChI=1S/C33H39N3O4S/c1-4-18-34(3)30(38)27-26-16-17-33(41-26)28(27)31(39)36(25(22-37)20-23-12-8-6-9-13-23)29(33)32(40)35(19-5-2)21-24-14-10-7-11-15-24/h4-15,25-29,37H,1-2,16-22H2,3H3/t25-,26-,27+,28+,29?,33?/m1/s1. The van der Waals surface area contributed by atoms with Gasteiger partial charge in [0.15, 0.2) is 0 Å². The van der Waals surface area contributed by atoms with E-state index in [1.165, 1.54) is 0 Å². The number of benzene rings is 2. The molecule has 3 saturated heterocycles. The van der Waals surface area contributed by atoms with Gasteiger partial charge in [-0.3, -0.25) is 14.4 Å². The Labute approximate surface area is 246 Å². The van der Waals surface area contributed by atoms with Crippen molar-refractivity contribution < 1.29 is 19.5 Å². The number of likely N-dealkylation sites (tertiary alicyclic amines) is 1. The van der Waals surface area contributed by atoms with Gasteiger partial charge in [-0.15, -0.1) is 24.9 Å². The normalized spacial score (nSPS) is 26.9. The fraction of sp³-hybridized carbons (Fsp3) is 0.424. The van der Waals surface area contributed by atoms with E-state index in [-0.39, 0.29) is 29.6 Å². The highest BCUT2D eigenvalue weighted by atomic mass is 32.2. The summed E-state index contributed by atoms with van der Waals surface area (Å²) in [7, 11) is 1.74. The van der Waals surface area contributed by atoms with Crippen LogP contribution in [0.3, 0.4) is 0 Å². The minimum absolute atomic E-state index is 0.0233. The zero-order valence-electron chi connectivity index (χ0n) is 23.6. The SMILES string of the molecule is C=CCN(C)C(=O)[C@@H]1[C@H]2C(=O)N([C@@H](CO)Cc3ccccc3)C(C(=O)N(CC=C)Cc3ccccc3)C23CC[C@H]1S3. The summed E-state index contributed by atoms with van der Waals surface area (Å²) in [5, 5.41) is 10.7. The molecule has 41 heavy (non-hydrogen) atoms. The summed E-state index contributed by atoms with van der Waals surface area (Å²) in [4.78, 5) is 48.0. The first-order valence-electron chi connectivity index (χ1n) is 14.3. The predicted molar refractivity (Wildman–Crippen MR) is 162 cm³/mol. The van der Waals surface area contributed by atoms with Gasteiger partial charge in [0.25, 0.3) is 0 Å². The van der Waals surface area contributed by atoms with E-state index in [2.05, 4.69) is 13.2 Å². The second kappa shape index (κ2) is 12.2. The zero-order chi connectivity index (χ0) is 29.1. The van der Waals surface area contributed by atoms with Crippen molar-refractivity contribution in [2.75, 3.05) is 26.7 Å². The molecule has 6 atom stereocenters. The third kappa shape index (κ3) is 5.24. The van der Waals surface area contributed by atoms with Crippen LogP contribution in [0.4, 0.5) is 0 Å². The number of nitrogens with zero attached hydrogens (tertiary/aromatic N) is 3. The van der Waals surface area contributed by atoms with Crippen LogP contribution in [0, 0.1) is 11.8 Å². The molecule has 0 saturated carbocycles. The van der Waals surface area contributed by atoms with E-state index in [9.17, 15) is 19.5 Å². The Bertz CT molecular complexity index is 1290. The first kappa shape index (κ1) is 29.1. The summed E-state index contributed by atoms with van der Waals surface area (Å²) >= 11 is 1.65. The van der Waals surface area contributed by atoms with E-state index < -0.39 is 28.7 Å². The zero-order valence-corrected chi connectivity index (χ0v) is 24.4. The quantitative estimate of drug-likeness (QED) is 0.393. The van der Waals surface area contributed by atoms with Crippen LogP contribution in [0.25, 0.3) is 0 Å². The second-order valence-corrected chi connectivity index (χ2v) is 12.9. The Kier molecular flexibility index (Phi) is 8.71. The smallest absolute Gasteiger partial charge is 0.247 e. The van der Waals surface area contributed by atoms with E-state index in [1.807, 2.05) is 60.7 Å². The first-order chi connectivity index (χ1) is 19.9. The lowest BCUT2D eigenvalue weighted by Gasteiger charge is -2.39. The van der Waals surface area contributed by atoms with Gasteiger partial charge in [0, 0.05) is 31.9 Å². The van der Waals surface area contributed by atoms with E-state index in [0.717, 1.165) is 17.5 Å². The molecular formula is C33H39N3O4S. The van der Waals surface area contributed by atoms with E-state index >= 15 is 0 Å². The average Bonchev–Trinajstić information content (AvgIpc) is 3.63. The van der Waals surface area contributed by atoms with Crippen molar-refractivity contribution in [1.29, 1.82) is 0 Å². The number of amides is 3. The molecule has 0 aliphatic carbocycles. The van der Waals surface area contributed by atoms with Gasteiger partial charge in [-0.1, -0.05) is 72.8 Å². The topological polar surface area (TPSA) is 81.2 Å². The molecule has 0 aromatic heterocycles. The molecule has 7 nitrogen and oxygen atoms in total. The number of aliphatic hydroxyl groups is 1. The molecule has 3 aliphatic heterocycles. The van der Waals surface area contributed by atoms with Gasteiger partial charge in [-0.2, -0.15) is 0 Å². The Morgan fingerprint density at radius 2 is 1.68 bits per heavy atom. The molecule has 3 aliphatic rings. The van der Waals surface area contributed by atoms with Gasteiger partial charge in [0.05, 0.1) is 29.2 Å². The van der Waals surface area contributed by atoms with Crippen LogP contribution in [0.2, 0.25) is 0 Å². The molecule has 2 bridgehead atoms. The van der Waals surface area contributed by atoms with Crippen LogP contribution < -0.4 is 0 Å². The maximum atomic E-state index is 14.7. The fourth-order valence-electron chi connectivity index (χ4n) is 7.09. The fourth-order valence-corrected chi connectivity index (χ4v) is 9.28. The minimum atomic E-state index is -0.790. The third-order valence-corrected chi connectivity index (χ3v) is 10.8. The van der Waals surface area contributed by atoms with Crippen molar-refractivity contribution in [3.8, 4) is 0 Å². The number of fused-ring (bicyclic) bond motifs is 1. The van der Waals surface area contributed by atoms with Crippen molar-refractivity contribution in [3.63, 3.8) is 0 Å². The first-order valence-corrected chi connectivity index (χ1v) is 15.2. The molecule has 0 radical (unpaired) electrons. The summed E-state index contributed by atoms with van der Waals surface area (Å²) in [6.07, 6.45) is 5.26. The maximum Gasteiger partial charge on any atom is 0.247 e. The number of carbonyl (C=O) groups excluding carboxylic acids is 3. The van der Waals surface area contributed by atoms with Gasteiger partial charge in [-0.05, 0) is 30.4 Å². The average molecular weight is 574 g/mol. The van der Waals surface area contributed by atoms with Gasteiger partial charge in [0.2, 0.25) is 17.7 Å². The van der Waals surface area contributed by atoms with Gasteiger partial charge < -0.3 is 19.8 Å². The van der Waals surface area contributed by atoms with E-state index in [4.69, 9.17) is 0 Å². The molecule has 3 fully saturated rings. The third-order valence-electron chi connectivity index (χ3n) is 8.83. The molecule has 2 aromatic carbocycles. The van der Waals surface area contributed by atoms with Crippen molar-refractivity contribution in [1.82, 2.24) is 14.7 Å². The van der Waals surface area contributed by atoms with Crippen LogP contribution >= 0.6 is 11.8 Å². The molecule has 1 N–H and O–H groups in total. The Hall–Kier alpha value is -3.36. The minimum Gasteiger partial charge on any atom is -0.394 e. The molecule has 3 heterocycles. The Balaban J connectivity index is 1.57. The number of likely N-dealkylation sites (N-methyl/N-ethyl adjacent to an activating group) is 1. The maximum absolute atomic E-state index is 14.7. The molecule has 5 rings (SSSR count). The summed E-state index contributed by atoms with van der Waals surface area (Å²) in [6, 6.07) is 18.1. The highest BCUT2D eigenvalue weighted by molar-refractivity contribution is 8.02. The molecule has 2 unspecified atom stereocenters. The molecule has 8 heteroatoms. The van der Waals surface area contributed by atoms with Crippen LogP contribution in [-0.4, -0.2) is 86.4 Å². The summed E-state index contributed by atoms with van der Waals surface area (Å²) in [5.74, 6) is -1.56. The molecular weight excluding hydrogens is 534 g/mol. The number of hydrogen-bond donors (Lipinski definition) is 1. The molecule has 1 spiro atoms. The van der Waals surface area contributed by atoms with Crippen LogP contribution in [0.15, 0.2) is 86.0 Å². The Morgan fingerprint density at radius 3 is 2.29 bits per heavy atom. The van der Waals surface area contributed by atoms with Gasteiger partial charge in [0.1, 0.15) is 6.04 Å². The van der Waals surface area contributed by atoms with Gasteiger partial charge in [-0.25, -0.2) is 0 Å². The second-order valence-electron chi connectivity index (χ2n) is 11.3. The Morgan fingerprint density at radius 1 is 1.05 bits per heavy atom. The van der Waals surface area contributed by atoms with Gasteiger partial charge >= 0.3 is 0 Å². The molecule has 3 amide bonds. The largest absolute Gasteiger partial charge is 0.394 e.